The molecular weight excluding hydrogens is 547 g/mol. The van der Waals surface area contributed by atoms with Gasteiger partial charge in [-0.05, 0) is 42.5 Å². The predicted octanol–water partition coefficient (Wildman–Crippen LogP) is 6.06. The topological polar surface area (TPSA) is 103 Å². The number of hydrogen-bond donors (Lipinski definition) is 2. The summed E-state index contributed by atoms with van der Waals surface area (Å²) in [5.74, 6) is 0.807. The summed E-state index contributed by atoms with van der Waals surface area (Å²) in [6.07, 6.45) is -2.96. The van der Waals surface area contributed by atoms with Crippen LogP contribution in [-0.4, -0.2) is 52.0 Å². The van der Waals surface area contributed by atoms with Crippen LogP contribution in [0.2, 0.25) is 0 Å². The summed E-state index contributed by atoms with van der Waals surface area (Å²) < 4.78 is 53.9. The second-order valence-electron chi connectivity index (χ2n) is 8.34. The number of nitrogens with zero attached hydrogens (tertiary/aromatic N) is 3. The van der Waals surface area contributed by atoms with Crippen LogP contribution in [0.15, 0.2) is 78.1 Å². The molecule has 206 valence electrons. The fraction of sp³-hybridized carbons (Fsp3) is 0.148. The third kappa shape index (κ3) is 5.83. The zero-order valence-corrected chi connectivity index (χ0v) is 22.0. The van der Waals surface area contributed by atoms with Crippen molar-refractivity contribution >= 4 is 34.3 Å². The van der Waals surface area contributed by atoms with Crippen molar-refractivity contribution in [1.82, 2.24) is 19.7 Å². The van der Waals surface area contributed by atoms with Crippen LogP contribution in [-0.2, 0) is 4.79 Å². The Morgan fingerprint density at radius 1 is 1.00 bits per heavy atom. The van der Waals surface area contributed by atoms with Crippen LogP contribution in [0.3, 0.4) is 0 Å². The van der Waals surface area contributed by atoms with E-state index in [4.69, 9.17) is 9.47 Å². The van der Waals surface area contributed by atoms with Crippen molar-refractivity contribution in [2.45, 2.75) is 11.5 Å². The molecule has 0 aliphatic carbocycles. The van der Waals surface area contributed by atoms with Crippen LogP contribution in [0.25, 0.3) is 28.0 Å². The summed E-state index contributed by atoms with van der Waals surface area (Å²) in [5, 5.41) is 12.8. The molecule has 2 N–H and O–H groups in total. The number of carbonyl (C=O) groups is 1. The van der Waals surface area contributed by atoms with Gasteiger partial charge < -0.3 is 24.5 Å². The van der Waals surface area contributed by atoms with E-state index in [1.54, 1.807) is 37.0 Å². The van der Waals surface area contributed by atoms with E-state index in [-0.39, 0.29) is 11.5 Å². The molecule has 0 aliphatic rings. The van der Waals surface area contributed by atoms with Gasteiger partial charge in [0.2, 0.25) is 5.91 Å². The summed E-state index contributed by atoms with van der Waals surface area (Å²) in [6.45, 7) is 0. The number of amides is 1. The molecule has 2 heterocycles. The maximum atomic E-state index is 12.7. The molecule has 3 aromatic carbocycles. The molecule has 40 heavy (non-hydrogen) atoms. The standard InChI is InChI=1S/C27H22F3N5O4S/c1-37-18-11-12-23(38-2)22(13-18)35-25(20-14-31-21-6-4-3-5-19(20)21)33-34-26(35)40-15-24(36)32-16-7-9-17(10-8-16)39-27(28,29)30/h3-14,31H,15H2,1-2H3,(H,32,36). The lowest BCUT2D eigenvalue weighted by Crippen LogP contribution is -2.17. The number of anilines is 1. The van der Waals surface area contributed by atoms with E-state index in [1.807, 2.05) is 30.5 Å². The lowest BCUT2D eigenvalue weighted by molar-refractivity contribution is -0.274. The Hall–Kier alpha value is -4.65. The predicted molar refractivity (Wildman–Crippen MR) is 144 cm³/mol. The number of para-hydroxylation sites is 1. The Kier molecular flexibility index (Phi) is 7.56. The SMILES string of the molecule is COc1ccc(OC)c(-n2c(SCC(=O)Nc3ccc(OC(F)(F)F)cc3)nnc2-c2c[nH]c3ccccc23)c1. The highest BCUT2D eigenvalue weighted by Crippen LogP contribution is 2.37. The molecule has 0 fully saturated rings. The first-order chi connectivity index (χ1) is 19.3. The normalized spacial score (nSPS) is 11.4. The third-order valence-electron chi connectivity index (χ3n) is 5.79. The van der Waals surface area contributed by atoms with Crippen molar-refractivity contribution in [3.63, 3.8) is 0 Å². The molecule has 1 amide bonds. The number of fused-ring (bicyclic) bond motifs is 1. The number of halogens is 3. The molecule has 9 nitrogen and oxygen atoms in total. The number of benzene rings is 3. The number of H-pyrrole nitrogens is 1. The molecule has 0 unspecified atom stereocenters. The fourth-order valence-electron chi connectivity index (χ4n) is 4.05. The van der Waals surface area contributed by atoms with Crippen molar-refractivity contribution in [1.29, 1.82) is 0 Å². The molecule has 5 rings (SSSR count). The van der Waals surface area contributed by atoms with E-state index in [9.17, 15) is 18.0 Å². The van der Waals surface area contributed by atoms with E-state index >= 15 is 0 Å². The second kappa shape index (κ2) is 11.2. The van der Waals surface area contributed by atoms with Crippen LogP contribution >= 0.6 is 11.8 Å². The minimum atomic E-state index is -4.80. The number of rotatable bonds is 9. The van der Waals surface area contributed by atoms with Crippen LogP contribution in [0.4, 0.5) is 18.9 Å². The molecule has 0 saturated carbocycles. The van der Waals surface area contributed by atoms with Gasteiger partial charge in [-0.1, -0.05) is 30.0 Å². The average molecular weight is 570 g/mol. The van der Waals surface area contributed by atoms with Crippen molar-refractivity contribution < 1.29 is 32.2 Å². The Labute approximate surface area is 230 Å². The highest BCUT2D eigenvalue weighted by Gasteiger charge is 2.31. The van der Waals surface area contributed by atoms with Gasteiger partial charge in [0.25, 0.3) is 0 Å². The largest absolute Gasteiger partial charge is 0.573 e. The zero-order chi connectivity index (χ0) is 28.3. The van der Waals surface area contributed by atoms with E-state index in [0.29, 0.717) is 33.9 Å². The minimum absolute atomic E-state index is 0.0564. The molecular formula is C27H22F3N5O4S. The molecule has 5 aromatic rings. The molecule has 0 atom stereocenters. The van der Waals surface area contributed by atoms with Crippen LogP contribution in [0.1, 0.15) is 0 Å². The number of nitrogens with one attached hydrogen (secondary N) is 2. The number of ether oxygens (including phenoxy) is 3. The summed E-state index contributed by atoms with van der Waals surface area (Å²) in [6, 6.07) is 18.0. The maximum absolute atomic E-state index is 12.7. The summed E-state index contributed by atoms with van der Waals surface area (Å²) in [7, 11) is 3.10. The summed E-state index contributed by atoms with van der Waals surface area (Å²) in [4.78, 5) is 16.0. The lowest BCUT2D eigenvalue weighted by atomic mass is 10.1. The van der Waals surface area contributed by atoms with Crippen LogP contribution < -0.4 is 19.5 Å². The Morgan fingerprint density at radius 2 is 1.75 bits per heavy atom. The van der Waals surface area contributed by atoms with Gasteiger partial charge in [0.15, 0.2) is 11.0 Å². The Balaban J connectivity index is 1.44. The monoisotopic (exact) mass is 569 g/mol. The average Bonchev–Trinajstić information content (AvgIpc) is 3.55. The first-order valence-electron chi connectivity index (χ1n) is 11.8. The first kappa shape index (κ1) is 26.9. The van der Waals surface area contributed by atoms with Gasteiger partial charge in [-0.2, -0.15) is 0 Å². The molecule has 0 spiro atoms. The fourth-order valence-corrected chi connectivity index (χ4v) is 4.80. The summed E-state index contributed by atoms with van der Waals surface area (Å²) >= 11 is 1.13. The molecule has 0 bridgehead atoms. The number of carbonyl (C=O) groups excluding carboxylic acids is 1. The van der Waals surface area contributed by atoms with Gasteiger partial charge in [0.05, 0.1) is 25.7 Å². The number of aromatic amines is 1. The number of alkyl halides is 3. The zero-order valence-electron chi connectivity index (χ0n) is 21.2. The van der Waals surface area contributed by atoms with Gasteiger partial charge in [0, 0.05) is 34.4 Å². The molecule has 0 aliphatic heterocycles. The van der Waals surface area contributed by atoms with Crippen molar-refractivity contribution in [2.24, 2.45) is 0 Å². The molecule has 13 heteroatoms. The smallest absolute Gasteiger partial charge is 0.497 e. The number of aromatic nitrogens is 4. The minimum Gasteiger partial charge on any atom is -0.497 e. The van der Waals surface area contributed by atoms with E-state index in [0.717, 1.165) is 40.4 Å². The highest BCUT2D eigenvalue weighted by atomic mass is 32.2. The molecule has 0 radical (unpaired) electrons. The number of thioether (sulfide) groups is 1. The van der Waals surface area contributed by atoms with Crippen molar-refractivity contribution in [2.75, 3.05) is 25.3 Å². The lowest BCUT2D eigenvalue weighted by Gasteiger charge is -2.15. The number of methoxy groups -OCH3 is 2. The van der Waals surface area contributed by atoms with E-state index in [2.05, 4.69) is 25.2 Å². The van der Waals surface area contributed by atoms with Gasteiger partial charge in [-0.25, -0.2) is 0 Å². The first-order valence-corrected chi connectivity index (χ1v) is 12.8. The van der Waals surface area contributed by atoms with Crippen molar-refractivity contribution in [3.8, 4) is 34.3 Å². The van der Waals surface area contributed by atoms with Gasteiger partial charge in [-0.15, -0.1) is 23.4 Å². The molecule has 0 saturated heterocycles. The van der Waals surface area contributed by atoms with E-state index < -0.39 is 12.3 Å². The Bertz CT molecular complexity index is 1650. The van der Waals surface area contributed by atoms with Gasteiger partial charge in [0.1, 0.15) is 17.2 Å². The second-order valence-corrected chi connectivity index (χ2v) is 9.28. The van der Waals surface area contributed by atoms with E-state index in [1.165, 1.54) is 12.1 Å². The van der Waals surface area contributed by atoms with Crippen LogP contribution in [0.5, 0.6) is 17.2 Å². The van der Waals surface area contributed by atoms with Crippen molar-refractivity contribution in [3.05, 3.63) is 72.9 Å². The molecule has 2 aromatic heterocycles. The number of hydrogen-bond acceptors (Lipinski definition) is 7. The van der Waals surface area contributed by atoms with Gasteiger partial charge >= 0.3 is 6.36 Å². The summed E-state index contributed by atoms with van der Waals surface area (Å²) in [5.41, 5.74) is 2.64. The van der Waals surface area contributed by atoms with Crippen LogP contribution in [0, 0.1) is 0 Å². The quantitative estimate of drug-likeness (QED) is 0.208. The Morgan fingerprint density at radius 3 is 2.48 bits per heavy atom. The highest BCUT2D eigenvalue weighted by molar-refractivity contribution is 7.99. The third-order valence-corrected chi connectivity index (χ3v) is 6.72. The maximum Gasteiger partial charge on any atom is 0.573 e. The van der Waals surface area contributed by atoms with Gasteiger partial charge in [-0.3, -0.25) is 9.36 Å².